The average molecular weight is 889 g/mol. The number of carbonyl (C=O) groups excluding carboxylic acids is 2. The first kappa shape index (κ1) is 44.9. The molecule has 5 aliphatic carbocycles. The van der Waals surface area contributed by atoms with Crippen LogP contribution >= 0.6 is 0 Å². The molecule has 3 saturated heterocycles. The maximum absolute atomic E-state index is 15.0. The van der Waals surface area contributed by atoms with Gasteiger partial charge in [-0.2, -0.15) is 0 Å². The molecule has 0 radical (unpaired) electrons. The van der Waals surface area contributed by atoms with Crippen LogP contribution in [0.5, 0.6) is 5.75 Å². The maximum Gasteiger partial charge on any atom is 0.240 e. The molecule has 17 unspecified atom stereocenters. The van der Waals surface area contributed by atoms with Gasteiger partial charge in [0.1, 0.15) is 29.8 Å². The number of rotatable bonds is 7. The Labute approximate surface area is 375 Å². The smallest absolute Gasteiger partial charge is 0.240 e. The van der Waals surface area contributed by atoms with Gasteiger partial charge < -0.3 is 54.9 Å². The van der Waals surface area contributed by atoms with Gasteiger partial charge in [0.15, 0.2) is 5.78 Å². The number of aliphatic hydroxyl groups is 6. The highest BCUT2D eigenvalue weighted by Crippen LogP contribution is 2.74. The van der Waals surface area contributed by atoms with Crippen molar-refractivity contribution in [2.24, 2.45) is 45.3 Å². The van der Waals surface area contributed by atoms with Gasteiger partial charge in [-0.1, -0.05) is 31.9 Å². The summed E-state index contributed by atoms with van der Waals surface area (Å²) in [6.07, 6.45) is 3.09. The molecule has 7 bridgehead atoms. The number of nitrogens with one attached hydrogen (secondary N) is 1. The molecule has 7 fully saturated rings. The SMILES string of the molecule is COCCCOC1CCC2(C)C(C1)C(=O)C=C1C3(O)CCC4C(C)(O)C(O)(O)C5OC6C(O)NC(C(=O)N7CC7CC#CC12CCC43C)C1(CCC(c2cccc(O)c2)C1)C6C5CO. The molecule has 14 nitrogen and oxygen atoms in total. The highest BCUT2D eigenvalue weighted by Gasteiger charge is 2.77. The standard InChI is InChI=1S/C50H68N2O12/c1-44-15-12-32(63-21-7-20-62-4)23-34(44)35(55)24-37-48(44)14-6-9-30-26-52(30)43(57)40-47(16-11-29(25-47)28-8-5-10-31(54)22-28)38-33(27-53)41(64-39(38)42(56)51-40)50(60,61)46(3,58)36-13-17-49(37,59)45(36,2)18-19-48/h5,8,10,22,24,29-30,32-34,36,38-42,51,53-54,56,58-61H,7,9,11-13,15-21,23,25-27H2,1-4H3. The second kappa shape index (κ2) is 15.3. The number of hydrogen-bond donors (Lipinski definition) is 8. The van der Waals surface area contributed by atoms with Crippen LogP contribution in [0.1, 0.15) is 109 Å². The third-order valence-corrected chi connectivity index (χ3v) is 19.4. The lowest BCUT2D eigenvalue weighted by molar-refractivity contribution is -0.345. The number of ketones is 1. The lowest BCUT2D eigenvalue weighted by atomic mass is 9.39. The molecular weight excluding hydrogens is 821 g/mol. The van der Waals surface area contributed by atoms with E-state index in [1.807, 2.05) is 13.0 Å². The van der Waals surface area contributed by atoms with Crippen LogP contribution in [0.2, 0.25) is 0 Å². The van der Waals surface area contributed by atoms with Gasteiger partial charge in [-0.15, -0.1) is 5.92 Å². The number of carbonyl (C=O) groups is 2. The summed E-state index contributed by atoms with van der Waals surface area (Å²) in [6.45, 7) is 6.36. The second-order valence-electron chi connectivity index (χ2n) is 22.0. The van der Waals surface area contributed by atoms with Crippen molar-refractivity contribution in [1.82, 2.24) is 10.2 Å². The molecule has 8 N–H and O–H groups in total. The number of hydrogen-bond acceptors (Lipinski definition) is 13. The minimum atomic E-state index is -3.03. The van der Waals surface area contributed by atoms with Crippen LogP contribution in [-0.2, 0) is 23.8 Å². The molecule has 14 heteroatoms. The Kier molecular flexibility index (Phi) is 10.7. The van der Waals surface area contributed by atoms with Crippen LogP contribution in [0.4, 0.5) is 0 Å². The first-order valence-electron chi connectivity index (χ1n) is 23.9. The van der Waals surface area contributed by atoms with Crippen molar-refractivity contribution in [1.29, 1.82) is 0 Å². The van der Waals surface area contributed by atoms with Crippen molar-refractivity contribution >= 4 is 11.7 Å². The van der Waals surface area contributed by atoms with Gasteiger partial charge in [-0.3, -0.25) is 14.9 Å². The van der Waals surface area contributed by atoms with Crippen LogP contribution < -0.4 is 5.32 Å². The highest BCUT2D eigenvalue weighted by atomic mass is 16.6. The fraction of sp³-hybridized carbons (Fsp3) is 0.760. The minimum Gasteiger partial charge on any atom is -0.508 e. The van der Waals surface area contributed by atoms with Crippen molar-refractivity contribution in [2.75, 3.05) is 33.5 Å². The molecule has 10 aliphatic rings. The number of nitrogens with zero attached hydrogens (tertiary/aromatic N) is 1. The number of benzene rings is 1. The van der Waals surface area contributed by atoms with Crippen LogP contribution in [0.15, 0.2) is 35.9 Å². The van der Waals surface area contributed by atoms with Crippen LogP contribution in [0, 0.1) is 57.2 Å². The number of phenolic OH excluding ortho intramolecular Hbond substituents is 1. The summed E-state index contributed by atoms with van der Waals surface area (Å²) >= 11 is 0. The third-order valence-electron chi connectivity index (χ3n) is 19.4. The van der Waals surface area contributed by atoms with E-state index in [9.17, 15) is 40.5 Å². The number of phenols is 1. The fourth-order valence-electron chi connectivity index (χ4n) is 15.8. The Morgan fingerprint density at radius 1 is 0.984 bits per heavy atom. The molecule has 2 spiro atoms. The first-order valence-corrected chi connectivity index (χ1v) is 23.9. The number of aliphatic hydroxyl groups excluding tert-OH is 2. The topological polar surface area (TPSA) is 218 Å². The van der Waals surface area contributed by atoms with E-state index in [0.717, 1.165) is 12.0 Å². The number of methoxy groups -OCH3 is 1. The number of aromatic hydroxyl groups is 1. The van der Waals surface area contributed by atoms with Gasteiger partial charge in [0.2, 0.25) is 11.7 Å². The zero-order valence-corrected chi connectivity index (χ0v) is 37.7. The summed E-state index contributed by atoms with van der Waals surface area (Å²) in [5, 5.41) is 88.7. The van der Waals surface area contributed by atoms with E-state index in [4.69, 9.17) is 14.2 Å². The van der Waals surface area contributed by atoms with Gasteiger partial charge in [0.05, 0.1) is 29.2 Å². The van der Waals surface area contributed by atoms with E-state index < -0.39 is 93.4 Å². The minimum absolute atomic E-state index is 0.0855. The molecule has 1 amide bonds. The number of piperidine rings is 1. The molecule has 1 aromatic rings. The normalized spacial score (nSPS) is 48.8. The predicted octanol–water partition coefficient (Wildman–Crippen LogP) is 2.64. The zero-order chi connectivity index (χ0) is 45.4. The largest absolute Gasteiger partial charge is 0.508 e. The molecule has 0 aromatic heterocycles. The number of fused-ring (bicyclic) bond motifs is 4. The summed E-state index contributed by atoms with van der Waals surface area (Å²) in [6, 6.07) is 5.92. The van der Waals surface area contributed by atoms with E-state index >= 15 is 4.79 Å². The van der Waals surface area contributed by atoms with E-state index in [-0.39, 0.29) is 48.3 Å². The van der Waals surface area contributed by atoms with Crippen LogP contribution in [-0.4, -0.2) is 139 Å². The van der Waals surface area contributed by atoms with E-state index in [0.29, 0.717) is 83.1 Å². The van der Waals surface area contributed by atoms with Crippen LogP contribution in [0.3, 0.4) is 0 Å². The van der Waals surface area contributed by atoms with Crippen molar-refractivity contribution < 1.29 is 59.5 Å². The molecule has 5 aliphatic heterocycles. The lowest BCUT2D eigenvalue weighted by Crippen LogP contribution is -2.70. The predicted molar refractivity (Wildman–Crippen MR) is 231 cm³/mol. The molecule has 5 heterocycles. The maximum atomic E-state index is 15.0. The van der Waals surface area contributed by atoms with Gasteiger partial charge in [0, 0.05) is 74.4 Å². The number of ether oxygens (including phenoxy) is 3. The zero-order valence-electron chi connectivity index (χ0n) is 37.7. The van der Waals surface area contributed by atoms with Gasteiger partial charge in [0.25, 0.3) is 0 Å². The van der Waals surface area contributed by atoms with Gasteiger partial charge >= 0.3 is 0 Å². The number of allylic oxidation sites excluding steroid dienone is 1. The van der Waals surface area contributed by atoms with E-state index in [1.54, 1.807) is 36.3 Å². The van der Waals surface area contributed by atoms with E-state index in [1.165, 1.54) is 6.92 Å². The Bertz CT molecular complexity index is 2150. The van der Waals surface area contributed by atoms with Gasteiger partial charge in [-0.05, 0) is 118 Å². The van der Waals surface area contributed by atoms with E-state index in [2.05, 4.69) is 24.1 Å². The Morgan fingerprint density at radius 2 is 1.78 bits per heavy atom. The summed E-state index contributed by atoms with van der Waals surface area (Å²) < 4.78 is 18.1. The molecule has 1 aromatic carbocycles. The Balaban J connectivity index is 1.09. The van der Waals surface area contributed by atoms with Gasteiger partial charge in [-0.25, -0.2) is 0 Å². The van der Waals surface area contributed by atoms with Crippen molar-refractivity contribution in [2.45, 2.75) is 157 Å². The molecule has 11 rings (SSSR count). The van der Waals surface area contributed by atoms with Crippen molar-refractivity contribution in [3.05, 3.63) is 41.5 Å². The lowest BCUT2D eigenvalue weighted by Gasteiger charge is -2.64. The summed E-state index contributed by atoms with van der Waals surface area (Å²) in [5.74, 6) is 0.845. The summed E-state index contributed by atoms with van der Waals surface area (Å²) in [4.78, 5) is 31.4. The van der Waals surface area contributed by atoms with Crippen LogP contribution in [0.25, 0.3) is 0 Å². The van der Waals surface area contributed by atoms with Crippen molar-refractivity contribution in [3.8, 4) is 17.6 Å². The highest BCUT2D eigenvalue weighted by molar-refractivity contribution is 5.96. The second-order valence-corrected chi connectivity index (χ2v) is 22.0. The molecule has 17 atom stereocenters. The fourth-order valence-corrected chi connectivity index (χ4v) is 15.8. The number of amides is 1. The quantitative estimate of drug-likeness (QED) is 0.0857. The Hall–Kier alpha value is -2.94. The molecular formula is C50H68N2O12. The average Bonchev–Trinajstić information content (AvgIpc) is 3.55. The molecule has 4 saturated carbocycles. The molecule has 350 valence electrons. The summed E-state index contributed by atoms with van der Waals surface area (Å²) in [5.41, 5.74) is -6.29. The first-order chi connectivity index (χ1) is 30.3. The summed E-state index contributed by atoms with van der Waals surface area (Å²) in [7, 11) is 1.66. The monoisotopic (exact) mass is 888 g/mol. The third kappa shape index (κ3) is 6.07. The molecule has 64 heavy (non-hydrogen) atoms. The Morgan fingerprint density at radius 3 is 2.53 bits per heavy atom. The van der Waals surface area contributed by atoms with Crippen molar-refractivity contribution in [3.63, 3.8) is 0 Å².